The molecule has 0 bridgehead atoms. The van der Waals surface area contributed by atoms with Crippen molar-refractivity contribution in [2.45, 2.75) is 31.8 Å². The van der Waals surface area contributed by atoms with E-state index in [4.69, 9.17) is 16.6 Å². The molecule has 0 amide bonds. The Morgan fingerprint density at radius 3 is 2.83 bits per heavy atom. The minimum absolute atomic E-state index is 0.130. The second-order valence-electron chi connectivity index (χ2n) is 7.00. The SMILES string of the molecule is CCCCN1C(=S)N[C@@H](c2ccccn2)[C@@H]1c1ccc(-c2ccc(Br)cc2F)o1. The lowest BCUT2D eigenvalue weighted by atomic mass is 10.0. The number of hydrogen-bond acceptors (Lipinski definition) is 3. The van der Waals surface area contributed by atoms with E-state index in [1.165, 1.54) is 6.07 Å². The molecule has 0 aliphatic carbocycles. The lowest BCUT2D eigenvalue weighted by Crippen LogP contribution is -2.30. The van der Waals surface area contributed by atoms with Gasteiger partial charge < -0.3 is 14.6 Å². The molecule has 1 aliphatic rings. The van der Waals surface area contributed by atoms with Crippen LogP contribution in [0, 0.1) is 5.82 Å². The molecule has 4 rings (SSSR count). The van der Waals surface area contributed by atoms with Crippen LogP contribution in [0.3, 0.4) is 0 Å². The van der Waals surface area contributed by atoms with E-state index in [1.807, 2.05) is 30.3 Å². The number of halogens is 2. The van der Waals surface area contributed by atoms with Crippen LogP contribution in [-0.2, 0) is 0 Å². The number of furan rings is 1. The Morgan fingerprint density at radius 2 is 2.10 bits per heavy atom. The number of benzene rings is 1. The van der Waals surface area contributed by atoms with E-state index in [2.05, 4.69) is 38.1 Å². The zero-order chi connectivity index (χ0) is 20.4. The summed E-state index contributed by atoms with van der Waals surface area (Å²) in [5.41, 5.74) is 1.33. The van der Waals surface area contributed by atoms with Gasteiger partial charge in [-0.3, -0.25) is 4.98 Å². The predicted octanol–water partition coefficient (Wildman–Crippen LogP) is 6.02. The van der Waals surface area contributed by atoms with Gasteiger partial charge in [-0.25, -0.2) is 4.39 Å². The zero-order valence-electron chi connectivity index (χ0n) is 15.9. The van der Waals surface area contributed by atoms with Crippen LogP contribution >= 0.6 is 28.1 Å². The van der Waals surface area contributed by atoms with Crippen LogP contribution < -0.4 is 5.32 Å². The van der Waals surface area contributed by atoms with E-state index in [-0.39, 0.29) is 17.9 Å². The van der Waals surface area contributed by atoms with Gasteiger partial charge in [-0.05, 0) is 61.1 Å². The maximum atomic E-state index is 14.4. The molecule has 3 aromatic rings. The Kier molecular flexibility index (Phi) is 5.96. The van der Waals surface area contributed by atoms with Crippen LogP contribution in [0.2, 0.25) is 0 Å². The van der Waals surface area contributed by atoms with Gasteiger partial charge in [-0.2, -0.15) is 0 Å². The standard InChI is InChI=1S/C22H21BrFN3OS/c1-2-3-12-27-21(20(26-22(27)29)17-6-4-5-11-25-17)19-10-9-18(28-19)15-8-7-14(23)13-16(15)24/h4-11,13,20-21H,2-3,12H2,1H3,(H,26,29)/t20-,21-/m0/s1. The number of nitrogens with one attached hydrogen (secondary N) is 1. The van der Waals surface area contributed by atoms with Crippen molar-refractivity contribution >= 4 is 33.3 Å². The summed E-state index contributed by atoms with van der Waals surface area (Å²) in [6.45, 7) is 2.97. The first-order valence-electron chi connectivity index (χ1n) is 9.61. The lowest BCUT2D eigenvalue weighted by molar-refractivity contribution is 0.271. The van der Waals surface area contributed by atoms with Crippen molar-refractivity contribution in [2.24, 2.45) is 0 Å². The molecule has 1 saturated heterocycles. The van der Waals surface area contributed by atoms with Crippen molar-refractivity contribution in [3.8, 4) is 11.3 Å². The van der Waals surface area contributed by atoms with Gasteiger partial charge in [0.05, 0.1) is 17.3 Å². The predicted molar refractivity (Wildman–Crippen MR) is 119 cm³/mol. The first-order valence-corrected chi connectivity index (χ1v) is 10.8. The topological polar surface area (TPSA) is 41.3 Å². The fraction of sp³-hybridized carbons (Fsp3) is 0.273. The van der Waals surface area contributed by atoms with Gasteiger partial charge in [0.2, 0.25) is 0 Å². The Balaban J connectivity index is 1.72. The Labute approximate surface area is 183 Å². The van der Waals surface area contributed by atoms with E-state index < -0.39 is 0 Å². The smallest absolute Gasteiger partial charge is 0.170 e. The van der Waals surface area contributed by atoms with E-state index in [1.54, 1.807) is 18.3 Å². The summed E-state index contributed by atoms with van der Waals surface area (Å²) in [4.78, 5) is 6.67. The van der Waals surface area contributed by atoms with Crippen LogP contribution in [0.25, 0.3) is 11.3 Å². The van der Waals surface area contributed by atoms with E-state index >= 15 is 0 Å². The number of thiocarbonyl (C=S) groups is 1. The normalized spacial score (nSPS) is 18.9. The molecule has 0 unspecified atom stereocenters. The van der Waals surface area contributed by atoms with Crippen LogP contribution in [-0.4, -0.2) is 21.5 Å². The zero-order valence-corrected chi connectivity index (χ0v) is 18.3. The highest BCUT2D eigenvalue weighted by Gasteiger charge is 2.41. The summed E-state index contributed by atoms with van der Waals surface area (Å²) in [5, 5.41) is 4.09. The second-order valence-corrected chi connectivity index (χ2v) is 8.30. The van der Waals surface area contributed by atoms with E-state index in [0.717, 1.165) is 30.8 Å². The van der Waals surface area contributed by atoms with Gasteiger partial charge in [0, 0.05) is 17.2 Å². The average molecular weight is 474 g/mol. The summed E-state index contributed by atoms with van der Waals surface area (Å²) in [6, 6.07) is 14.2. The highest BCUT2D eigenvalue weighted by atomic mass is 79.9. The Bertz CT molecular complexity index is 1010. The first kappa shape index (κ1) is 20.0. The van der Waals surface area contributed by atoms with Gasteiger partial charge in [-0.1, -0.05) is 35.3 Å². The molecule has 0 radical (unpaired) electrons. The molecule has 0 spiro atoms. The number of rotatable bonds is 6. The summed E-state index contributed by atoms with van der Waals surface area (Å²) < 4.78 is 21.3. The number of hydrogen-bond donors (Lipinski definition) is 1. The number of aromatic nitrogens is 1. The number of unbranched alkanes of at least 4 members (excludes halogenated alkanes) is 1. The third kappa shape index (κ3) is 4.07. The van der Waals surface area contributed by atoms with E-state index in [0.29, 0.717) is 20.9 Å². The van der Waals surface area contributed by atoms with E-state index in [9.17, 15) is 4.39 Å². The highest BCUT2D eigenvalue weighted by molar-refractivity contribution is 9.10. The van der Waals surface area contributed by atoms with Crippen molar-refractivity contribution < 1.29 is 8.81 Å². The monoisotopic (exact) mass is 473 g/mol. The van der Waals surface area contributed by atoms with Crippen molar-refractivity contribution in [3.05, 3.63) is 76.5 Å². The van der Waals surface area contributed by atoms with Crippen LogP contribution in [0.5, 0.6) is 0 Å². The first-order chi connectivity index (χ1) is 14.1. The molecular formula is C22H21BrFN3OS. The maximum absolute atomic E-state index is 14.4. The molecule has 1 aliphatic heterocycles. The molecule has 1 N–H and O–H groups in total. The molecule has 29 heavy (non-hydrogen) atoms. The van der Waals surface area contributed by atoms with Crippen LogP contribution in [0.4, 0.5) is 4.39 Å². The van der Waals surface area contributed by atoms with Crippen LogP contribution in [0.15, 0.2) is 63.6 Å². The van der Waals surface area contributed by atoms with Crippen molar-refractivity contribution in [1.82, 2.24) is 15.2 Å². The Hall–Kier alpha value is -2.25. The quantitative estimate of drug-likeness (QED) is 0.443. The fourth-order valence-electron chi connectivity index (χ4n) is 3.63. The largest absolute Gasteiger partial charge is 0.459 e. The molecule has 7 heteroatoms. The van der Waals surface area contributed by atoms with Gasteiger partial charge in [0.1, 0.15) is 23.4 Å². The molecule has 0 saturated carbocycles. The Morgan fingerprint density at radius 1 is 1.24 bits per heavy atom. The molecule has 1 fully saturated rings. The molecule has 3 heterocycles. The maximum Gasteiger partial charge on any atom is 0.170 e. The van der Waals surface area contributed by atoms with Crippen LogP contribution in [0.1, 0.15) is 43.3 Å². The van der Waals surface area contributed by atoms with Crippen molar-refractivity contribution in [3.63, 3.8) is 0 Å². The molecular weight excluding hydrogens is 453 g/mol. The molecule has 150 valence electrons. The summed E-state index contributed by atoms with van der Waals surface area (Å²) in [5.74, 6) is 0.906. The summed E-state index contributed by atoms with van der Waals surface area (Å²) >= 11 is 8.92. The van der Waals surface area contributed by atoms with Gasteiger partial charge >= 0.3 is 0 Å². The summed E-state index contributed by atoms with van der Waals surface area (Å²) in [6.07, 6.45) is 3.85. The highest BCUT2D eigenvalue weighted by Crippen LogP contribution is 2.40. The van der Waals surface area contributed by atoms with Crippen molar-refractivity contribution in [2.75, 3.05) is 6.54 Å². The van der Waals surface area contributed by atoms with Crippen molar-refractivity contribution in [1.29, 1.82) is 0 Å². The lowest BCUT2D eigenvalue weighted by Gasteiger charge is -2.25. The molecule has 4 nitrogen and oxygen atoms in total. The second kappa shape index (κ2) is 8.63. The van der Waals surface area contributed by atoms with Gasteiger partial charge in [-0.15, -0.1) is 0 Å². The number of nitrogens with zero attached hydrogens (tertiary/aromatic N) is 2. The molecule has 1 aromatic carbocycles. The van der Waals surface area contributed by atoms with Gasteiger partial charge in [0.25, 0.3) is 0 Å². The minimum atomic E-state index is -0.329. The average Bonchev–Trinajstić information content (AvgIpc) is 3.31. The fourth-order valence-corrected chi connectivity index (χ4v) is 4.29. The molecule has 2 aromatic heterocycles. The summed E-state index contributed by atoms with van der Waals surface area (Å²) in [7, 11) is 0. The van der Waals surface area contributed by atoms with Gasteiger partial charge in [0.15, 0.2) is 5.11 Å². The minimum Gasteiger partial charge on any atom is -0.459 e. The molecule has 2 atom stereocenters. The third-order valence-electron chi connectivity index (χ3n) is 5.07. The number of pyridine rings is 1. The third-order valence-corrected chi connectivity index (χ3v) is 5.91.